The number of aromatic nitrogens is 2. The van der Waals surface area contributed by atoms with Crippen LogP contribution in [0.2, 0.25) is 0 Å². The first-order valence-corrected chi connectivity index (χ1v) is 13.9. The van der Waals surface area contributed by atoms with Crippen LogP contribution in [0.3, 0.4) is 0 Å². The van der Waals surface area contributed by atoms with E-state index in [1.165, 1.54) is 6.92 Å². The van der Waals surface area contributed by atoms with Gasteiger partial charge in [-0.3, -0.25) is 14.4 Å². The van der Waals surface area contributed by atoms with Crippen LogP contribution in [0.4, 0.5) is 4.79 Å². The Bertz CT molecular complexity index is 1410. The van der Waals surface area contributed by atoms with Gasteiger partial charge in [-0.25, -0.2) is 9.48 Å². The molecule has 11 heteroatoms. The summed E-state index contributed by atoms with van der Waals surface area (Å²) >= 11 is 0. The molecule has 2 heterocycles. The maximum Gasteiger partial charge on any atom is 0.416 e. The molecule has 42 heavy (non-hydrogen) atoms. The molecule has 1 aliphatic rings. The lowest BCUT2D eigenvalue weighted by atomic mass is 9.85. The lowest BCUT2D eigenvalue weighted by Gasteiger charge is -2.39. The van der Waals surface area contributed by atoms with Gasteiger partial charge in [0.15, 0.2) is 0 Å². The number of aryl methyl sites for hydroxylation is 1. The first-order valence-electron chi connectivity index (χ1n) is 13.9. The van der Waals surface area contributed by atoms with Gasteiger partial charge in [0.25, 0.3) is 0 Å². The molecule has 4 rings (SSSR count). The third kappa shape index (κ3) is 7.34. The van der Waals surface area contributed by atoms with E-state index in [4.69, 9.17) is 4.74 Å². The summed E-state index contributed by atoms with van der Waals surface area (Å²) in [4.78, 5) is 55.2. The molecule has 1 aromatic heterocycles. The van der Waals surface area contributed by atoms with Gasteiger partial charge in [-0.2, -0.15) is 5.10 Å². The molecule has 0 bridgehead atoms. The van der Waals surface area contributed by atoms with E-state index in [1.807, 2.05) is 64.1 Å². The number of carbonyl (C=O) groups is 4. The molecular weight excluding hydrogens is 536 g/mol. The van der Waals surface area contributed by atoms with Crippen LogP contribution >= 0.6 is 0 Å². The average Bonchev–Trinajstić information content (AvgIpc) is 3.34. The topological polar surface area (TPSA) is 126 Å². The summed E-state index contributed by atoms with van der Waals surface area (Å²) < 4.78 is 7.28. The van der Waals surface area contributed by atoms with Crippen molar-refractivity contribution in [3.8, 4) is 11.6 Å². The Balaban J connectivity index is 1.41. The van der Waals surface area contributed by atoms with Gasteiger partial charge in [0.1, 0.15) is 12.1 Å². The van der Waals surface area contributed by atoms with Crippen LogP contribution in [-0.4, -0.2) is 75.6 Å². The number of piperazine rings is 1. The van der Waals surface area contributed by atoms with Crippen LogP contribution < -0.4 is 15.4 Å². The summed E-state index contributed by atoms with van der Waals surface area (Å²) in [5, 5.41) is 10.0. The molecule has 2 atom stereocenters. The van der Waals surface area contributed by atoms with Crippen molar-refractivity contribution < 1.29 is 23.9 Å². The smallest absolute Gasteiger partial charge is 0.391 e. The normalized spacial score (nSPS) is 15.0. The summed E-state index contributed by atoms with van der Waals surface area (Å²) in [5.74, 6) is -0.777. The lowest BCUT2D eigenvalue weighted by molar-refractivity contribution is -0.141. The second-order valence-electron chi connectivity index (χ2n) is 11.4. The largest absolute Gasteiger partial charge is 0.416 e. The first-order chi connectivity index (χ1) is 19.9. The minimum absolute atomic E-state index is 0.253. The number of rotatable bonds is 7. The molecule has 0 spiro atoms. The Morgan fingerprint density at radius 1 is 0.857 bits per heavy atom. The number of ether oxygens (including phenoxy) is 1. The first kappa shape index (κ1) is 30.3. The predicted molar refractivity (Wildman–Crippen MR) is 157 cm³/mol. The van der Waals surface area contributed by atoms with Crippen molar-refractivity contribution in [1.29, 1.82) is 0 Å². The van der Waals surface area contributed by atoms with Gasteiger partial charge in [0, 0.05) is 39.2 Å². The zero-order chi connectivity index (χ0) is 30.4. The van der Waals surface area contributed by atoms with Crippen molar-refractivity contribution >= 4 is 23.8 Å². The number of hydrogen-bond donors (Lipinski definition) is 2. The van der Waals surface area contributed by atoms with Gasteiger partial charge < -0.3 is 25.2 Å². The van der Waals surface area contributed by atoms with Crippen molar-refractivity contribution in [1.82, 2.24) is 30.2 Å². The third-order valence-electron chi connectivity index (χ3n) is 6.98. The van der Waals surface area contributed by atoms with Crippen LogP contribution in [0.1, 0.15) is 45.0 Å². The van der Waals surface area contributed by atoms with Crippen molar-refractivity contribution in [3.05, 3.63) is 78.0 Å². The van der Waals surface area contributed by atoms with Gasteiger partial charge in [-0.05, 0) is 30.0 Å². The SMILES string of the molecule is CC(=O)NC(C(=O)NC(C(=O)N1CCN(C(=O)Oc2cc(C)nn2-c2ccccc2)CC1)C(C)(C)C)c1ccccc1. The molecule has 0 aliphatic carbocycles. The molecule has 2 N–H and O–H groups in total. The maximum atomic E-state index is 13.7. The minimum Gasteiger partial charge on any atom is -0.391 e. The van der Waals surface area contributed by atoms with E-state index in [1.54, 1.807) is 44.8 Å². The maximum absolute atomic E-state index is 13.7. The van der Waals surface area contributed by atoms with Gasteiger partial charge in [-0.1, -0.05) is 69.3 Å². The summed E-state index contributed by atoms with van der Waals surface area (Å²) in [6, 6.07) is 18.2. The van der Waals surface area contributed by atoms with Crippen LogP contribution in [0, 0.1) is 12.3 Å². The zero-order valence-corrected chi connectivity index (χ0v) is 24.7. The lowest BCUT2D eigenvalue weighted by Crippen LogP contribution is -2.60. The number of hydrogen-bond acceptors (Lipinski definition) is 6. The Labute approximate surface area is 245 Å². The van der Waals surface area contributed by atoms with E-state index in [2.05, 4.69) is 15.7 Å². The molecular formula is C31H38N6O5. The monoisotopic (exact) mass is 574 g/mol. The third-order valence-corrected chi connectivity index (χ3v) is 6.98. The van der Waals surface area contributed by atoms with E-state index in [0.29, 0.717) is 17.1 Å². The van der Waals surface area contributed by atoms with Crippen LogP contribution in [-0.2, 0) is 14.4 Å². The summed E-state index contributed by atoms with van der Waals surface area (Å²) in [6.07, 6.45) is -0.527. The van der Waals surface area contributed by atoms with Crippen molar-refractivity contribution in [2.24, 2.45) is 5.41 Å². The molecule has 0 saturated carbocycles. The molecule has 1 fully saturated rings. The molecule has 4 amide bonds. The Morgan fingerprint density at radius 2 is 1.43 bits per heavy atom. The highest BCUT2D eigenvalue weighted by molar-refractivity contribution is 5.93. The van der Waals surface area contributed by atoms with E-state index in [-0.39, 0.29) is 38.0 Å². The molecule has 0 radical (unpaired) electrons. The van der Waals surface area contributed by atoms with E-state index >= 15 is 0 Å². The summed E-state index contributed by atoms with van der Waals surface area (Å²) in [6.45, 7) is 9.88. The number of benzene rings is 2. The average molecular weight is 575 g/mol. The molecule has 222 valence electrons. The van der Waals surface area contributed by atoms with Crippen LogP contribution in [0.25, 0.3) is 5.69 Å². The number of para-hydroxylation sites is 1. The van der Waals surface area contributed by atoms with Gasteiger partial charge in [-0.15, -0.1) is 0 Å². The van der Waals surface area contributed by atoms with E-state index in [0.717, 1.165) is 5.69 Å². The summed E-state index contributed by atoms with van der Waals surface area (Å²) in [5.41, 5.74) is 1.47. The van der Waals surface area contributed by atoms with Gasteiger partial charge in [0.2, 0.25) is 23.6 Å². The number of carbonyl (C=O) groups excluding carboxylic acids is 4. The molecule has 1 aliphatic heterocycles. The zero-order valence-electron chi connectivity index (χ0n) is 24.7. The fourth-order valence-corrected chi connectivity index (χ4v) is 4.77. The van der Waals surface area contributed by atoms with Crippen LogP contribution in [0.15, 0.2) is 66.7 Å². The van der Waals surface area contributed by atoms with E-state index in [9.17, 15) is 19.2 Å². The van der Waals surface area contributed by atoms with Crippen molar-refractivity contribution in [2.45, 2.75) is 46.7 Å². The second kappa shape index (κ2) is 12.9. The van der Waals surface area contributed by atoms with Gasteiger partial charge in [0.05, 0.1) is 11.4 Å². The minimum atomic E-state index is -0.944. The van der Waals surface area contributed by atoms with Gasteiger partial charge >= 0.3 is 6.09 Å². The fraction of sp³-hybridized carbons (Fsp3) is 0.387. The Hall–Kier alpha value is -4.67. The summed E-state index contributed by atoms with van der Waals surface area (Å²) in [7, 11) is 0. The van der Waals surface area contributed by atoms with Crippen molar-refractivity contribution in [2.75, 3.05) is 26.2 Å². The molecule has 3 aromatic rings. The fourth-order valence-electron chi connectivity index (χ4n) is 4.77. The van der Waals surface area contributed by atoms with E-state index < -0.39 is 29.5 Å². The molecule has 2 unspecified atom stereocenters. The number of nitrogens with one attached hydrogen (secondary N) is 2. The number of nitrogens with zero attached hydrogens (tertiary/aromatic N) is 4. The predicted octanol–water partition coefficient (Wildman–Crippen LogP) is 3.23. The highest BCUT2D eigenvalue weighted by atomic mass is 16.6. The number of amides is 4. The molecule has 2 aromatic carbocycles. The highest BCUT2D eigenvalue weighted by Crippen LogP contribution is 2.24. The molecule has 11 nitrogen and oxygen atoms in total. The Morgan fingerprint density at radius 3 is 2.00 bits per heavy atom. The van der Waals surface area contributed by atoms with Crippen LogP contribution in [0.5, 0.6) is 5.88 Å². The molecule has 1 saturated heterocycles. The Kier molecular flexibility index (Phi) is 9.29. The second-order valence-corrected chi connectivity index (χ2v) is 11.4. The quantitative estimate of drug-likeness (QED) is 0.446. The van der Waals surface area contributed by atoms with Crippen molar-refractivity contribution in [3.63, 3.8) is 0 Å². The standard InChI is InChI=1S/C31H38N6O5/c1-21-20-25(37(34-21)24-14-10-7-11-15-24)42-30(41)36-18-16-35(17-19-36)29(40)27(31(3,4)5)33-28(39)26(32-22(2)38)23-12-8-6-9-13-23/h6-15,20,26-27H,16-19H2,1-5H3,(H,32,38)(H,33,39). The highest BCUT2D eigenvalue weighted by Gasteiger charge is 2.39.